The number of H-pyrrole nitrogens is 1. The summed E-state index contributed by atoms with van der Waals surface area (Å²) in [5, 5.41) is 0. The molecule has 1 atom stereocenters. The van der Waals surface area contributed by atoms with Crippen molar-refractivity contribution >= 4 is 11.8 Å². The van der Waals surface area contributed by atoms with Gasteiger partial charge in [-0.15, -0.1) is 0 Å². The highest BCUT2D eigenvalue weighted by Crippen LogP contribution is 2.29. The van der Waals surface area contributed by atoms with E-state index in [9.17, 15) is 4.79 Å². The maximum Gasteiger partial charge on any atom is 0.254 e. The minimum Gasteiger partial charge on any atom is -0.311 e. The van der Waals surface area contributed by atoms with Crippen molar-refractivity contribution in [2.75, 3.05) is 11.5 Å². The van der Waals surface area contributed by atoms with Crippen molar-refractivity contribution in [3.05, 3.63) is 27.9 Å². The van der Waals surface area contributed by atoms with E-state index >= 15 is 0 Å². The van der Waals surface area contributed by atoms with Gasteiger partial charge in [-0.05, 0) is 19.1 Å². The summed E-state index contributed by atoms with van der Waals surface area (Å²) in [7, 11) is 0. The van der Waals surface area contributed by atoms with Crippen LogP contribution in [0.5, 0.6) is 0 Å². The van der Waals surface area contributed by atoms with E-state index < -0.39 is 0 Å². The molecule has 13 heavy (non-hydrogen) atoms. The van der Waals surface area contributed by atoms with Gasteiger partial charge < -0.3 is 4.98 Å². The molecule has 1 unspecified atom stereocenters. The van der Waals surface area contributed by atoms with Crippen LogP contribution in [0.4, 0.5) is 0 Å². The van der Waals surface area contributed by atoms with Crippen molar-refractivity contribution in [3.8, 4) is 0 Å². The van der Waals surface area contributed by atoms with Crippen LogP contribution in [0.2, 0.25) is 0 Å². The zero-order valence-corrected chi connectivity index (χ0v) is 8.36. The highest BCUT2D eigenvalue weighted by molar-refractivity contribution is 7.99. The molecule has 0 aromatic carbocycles. The molecule has 1 aromatic heterocycles. The van der Waals surface area contributed by atoms with Crippen molar-refractivity contribution in [2.24, 2.45) is 0 Å². The lowest BCUT2D eigenvalue weighted by Crippen LogP contribution is -2.18. The maximum absolute atomic E-state index is 11.5. The smallest absolute Gasteiger partial charge is 0.254 e. The normalized spacial score (nSPS) is 22.1. The van der Waals surface area contributed by atoms with Gasteiger partial charge in [-0.2, -0.15) is 11.8 Å². The molecule has 1 N–H and O–H groups in total. The van der Waals surface area contributed by atoms with E-state index in [2.05, 4.69) is 9.97 Å². The van der Waals surface area contributed by atoms with Gasteiger partial charge in [-0.25, -0.2) is 4.98 Å². The van der Waals surface area contributed by atoms with Crippen molar-refractivity contribution in [3.63, 3.8) is 0 Å². The lowest BCUT2D eigenvalue weighted by Gasteiger charge is -2.06. The van der Waals surface area contributed by atoms with Gasteiger partial charge in [0.2, 0.25) is 0 Å². The van der Waals surface area contributed by atoms with E-state index in [1.54, 1.807) is 13.1 Å². The quantitative estimate of drug-likeness (QED) is 0.736. The van der Waals surface area contributed by atoms with Crippen LogP contribution in [-0.2, 0) is 0 Å². The Kier molecular flexibility index (Phi) is 2.40. The summed E-state index contributed by atoms with van der Waals surface area (Å²) < 4.78 is 0. The molecule has 0 bridgehead atoms. The topological polar surface area (TPSA) is 45.8 Å². The predicted octanol–water partition coefficient (Wildman–Crippen LogP) is 1.30. The van der Waals surface area contributed by atoms with Crippen LogP contribution < -0.4 is 5.56 Å². The molecule has 0 radical (unpaired) electrons. The van der Waals surface area contributed by atoms with Crippen molar-refractivity contribution in [1.29, 1.82) is 0 Å². The lowest BCUT2D eigenvalue weighted by molar-refractivity contribution is 0.755. The van der Waals surface area contributed by atoms with Crippen molar-refractivity contribution in [1.82, 2.24) is 9.97 Å². The Morgan fingerprint density at radius 2 is 2.54 bits per heavy atom. The molecule has 0 aliphatic carbocycles. The number of aromatic nitrogens is 2. The SMILES string of the molecule is Cc1ncc(C2CCSC2)c(=O)[nH]1. The molecule has 2 heterocycles. The van der Waals surface area contributed by atoms with Gasteiger partial charge in [0, 0.05) is 23.4 Å². The number of nitrogens with zero attached hydrogens (tertiary/aromatic N) is 1. The van der Waals surface area contributed by atoms with Gasteiger partial charge in [0.1, 0.15) is 5.82 Å². The van der Waals surface area contributed by atoms with E-state index in [-0.39, 0.29) is 5.56 Å². The molecule has 0 amide bonds. The minimum absolute atomic E-state index is 0.0417. The molecule has 1 aliphatic rings. The van der Waals surface area contributed by atoms with Crippen molar-refractivity contribution < 1.29 is 0 Å². The lowest BCUT2D eigenvalue weighted by atomic mass is 10.0. The summed E-state index contributed by atoms with van der Waals surface area (Å²) >= 11 is 1.91. The third-order valence-corrected chi connectivity index (χ3v) is 3.49. The molecule has 0 spiro atoms. The summed E-state index contributed by atoms with van der Waals surface area (Å²) in [6.45, 7) is 1.80. The van der Waals surface area contributed by atoms with E-state index in [4.69, 9.17) is 0 Å². The summed E-state index contributed by atoms with van der Waals surface area (Å²) in [6, 6.07) is 0. The Balaban J connectivity index is 2.34. The molecule has 0 saturated carbocycles. The van der Waals surface area contributed by atoms with Gasteiger partial charge in [0.15, 0.2) is 0 Å². The second-order valence-corrected chi connectivity index (χ2v) is 4.46. The number of rotatable bonds is 1. The van der Waals surface area contributed by atoms with Crippen LogP contribution in [0.25, 0.3) is 0 Å². The van der Waals surface area contributed by atoms with Gasteiger partial charge in [-0.3, -0.25) is 4.79 Å². The first kappa shape index (κ1) is 8.81. The molecule has 1 saturated heterocycles. The van der Waals surface area contributed by atoms with Crippen LogP contribution in [0.1, 0.15) is 23.7 Å². The van der Waals surface area contributed by atoms with E-state index in [1.165, 1.54) is 0 Å². The molecule has 3 nitrogen and oxygen atoms in total. The van der Waals surface area contributed by atoms with Gasteiger partial charge >= 0.3 is 0 Å². The summed E-state index contributed by atoms with van der Waals surface area (Å²) in [4.78, 5) is 18.4. The Bertz CT molecular complexity index is 355. The number of aryl methyl sites for hydroxylation is 1. The van der Waals surface area contributed by atoms with Gasteiger partial charge in [-0.1, -0.05) is 0 Å². The zero-order chi connectivity index (χ0) is 9.26. The number of aromatic amines is 1. The second kappa shape index (κ2) is 3.54. The van der Waals surface area contributed by atoms with Crippen LogP contribution in [0.15, 0.2) is 11.0 Å². The summed E-state index contributed by atoms with van der Waals surface area (Å²) in [5.74, 6) is 3.34. The first-order chi connectivity index (χ1) is 6.27. The van der Waals surface area contributed by atoms with Gasteiger partial charge in [0.25, 0.3) is 5.56 Å². The number of hydrogen-bond acceptors (Lipinski definition) is 3. The zero-order valence-electron chi connectivity index (χ0n) is 7.54. The second-order valence-electron chi connectivity index (χ2n) is 3.31. The fourth-order valence-electron chi connectivity index (χ4n) is 1.56. The molecular formula is C9H12N2OS. The Hall–Kier alpha value is -0.770. The average molecular weight is 196 g/mol. The highest BCUT2D eigenvalue weighted by Gasteiger charge is 2.20. The fourth-order valence-corrected chi connectivity index (χ4v) is 2.81. The van der Waals surface area contributed by atoms with Crippen LogP contribution >= 0.6 is 11.8 Å². The van der Waals surface area contributed by atoms with E-state index in [0.29, 0.717) is 11.7 Å². The van der Waals surface area contributed by atoms with E-state index in [0.717, 1.165) is 23.5 Å². The van der Waals surface area contributed by atoms with Crippen LogP contribution in [0.3, 0.4) is 0 Å². The van der Waals surface area contributed by atoms with Crippen LogP contribution in [-0.4, -0.2) is 21.5 Å². The largest absolute Gasteiger partial charge is 0.311 e. The van der Waals surface area contributed by atoms with Crippen LogP contribution in [0, 0.1) is 6.92 Å². The average Bonchev–Trinajstić information content (AvgIpc) is 2.56. The van der Waals surface area contributed by atoms with Gasteiger partial charge in [0.05, 0.1) is 0 Å². The maximum atomic E-state index is 11.5. The highest BCUT2D eigenvalue weighted by atomic mass is 32.2. The summed E-state index contributed by atoms with van der Waals surface area (Å²) in [5.41, 5.74) is 0.899. The standard InChI is InChI=1S/C9H12N2OS/c1-6-10-4-8(9(12)11-6)7-2-3-13-5-7/h4,7H,2-3,5H2,1H3,(H,10,11,12). The number of hydrogen-bond donors (Lipinski definition) is 1. The molecular weight excluding hydrogens is 184 g/mol. The molecule has 1 aliphatic heterocycles. The Morgan fingerprint density at radius 1 is 1.69 bits per heavy atom. The Labute approximate surface area is 81.0 Å². The molecule has 1 fully saturated rings. The first-order valence-corrected chi connectivity index (χ1v) is 5.56. The van der Waals surface area contributed by atoms with E-state index in [1.807, 2.05) is 11.8 Å². The molecule has 2 rings (SSSR count). The summed E-state index contributed by atoms with van der Waals surface area (Å²) in [6.07, 6.45) is 2.84. The molecule has 1 aromatic rings. The van der Waals surface area contributed by atoms with Crippen molar-refractivity contribution in [2.45, 2.75) is 19.3 Å². The predicted molar refractivity (Wildman–Crippen MR) is 54.3 cm³/mol. The minimum atomic E-state index is 0.0417. The number of thioether (sulfide) groups is 1. The third kappa shape index (κ3) is 1.77. The first-order valence-electron chi connectivity index (χ1n) is 4.41. The fraction of sp³-hybridized carbons (Fsp3) is 0.556. The number of nitrogens with one attached hydrogen (secondary N) is 1. The Morgan fingerprint density at radius 3 is 3.15 bits per heavy atom. The molecule has 70 valence electrons. The third-order valence-electron chi connectivity index (χ3n) is 2.32. The monoisotopic (exact) mass is 196 g/mol. The molecule has 4 heteroatoms.